The monoisotopic (exact) mass is 307 g/mol. The minimum Gasteiger partial charge on any atom is -0.481 e. The van der Waals surface area contributed by atoms with Crippen molar-refractivity contribution in [1.29, 1.82) is 0 Å². The minimum atomic E-state index is -0.895. The fourth-order valence-corrected chi connectivity index (χ4v) is 1.83. The van der Waals surface area contributed by atoms with Crippen LogP contribution < -0.4 is 5.32 Å². The number of ether oxygens (including phenoxy) is 1. The predicted octanol–water partition coefficient (Wildman–Crippen LogP) is 3.26. The molecule has 1 rings (SSSR count). The molecule has 0 bridgehead atoms. The number of hydrogen-bond donors (Lipinski definition) is 2. The van der Waals surface area contributed by atoms with Gasteiger partial charge in [-0.2, -0.15) is 0 Å². The molecule has 5 nitrogen and oxygen atoms in total. The van der Waals surface area contributed by atoms with Crippen molar-refractivity contribution >= 4 is 17.6 Å². The number of carbonyl (C=O) groups is 2. The molecule has 0 aliphatic carbocycles. The summed E-state index contributed by atoms with van der Waals surface area (Å²) in [6.45, 7) is 8.06. The summed E-state index contributed by atoms with van der Waals surface area (Å²) in [6.07, 6.45) is 0.364. The summed E-state index contributed by atoms with van der Waals surface area (Å²) < 4.78 is 5.50. The Labute approximate surface area is 131 Å². The van der Waals surface area contributed by atoms with Crippen LogP contribution in [0.1, 0.15) is 45.6 Å². The van der Waals surface area contributed by atoms with E-state index >= 15 is 0 Å². The zero-order chi connectivity index (χ0) is 16.7. The first kappa shape index (κ1) is 18.2. The highest BCUT2D eigenvalue weighted by molar-refractivity contribution is 5.94. The third kappa shape index (κ3) is 5.85. The van der Waals surface area contributed by atoms with Gasteiger partial charge >= 0.3 is 5.97 Å². The maximum atomic E-state index is 12.1. The summed E-state index contributed by atoms with van der Waals surface area (Å²) >= 11 is 0. The first-order valence-corrected chi connectivity index (χ1v) is 7.56. The molecule has 2 N–H and O–H groups in total. The van der Waals surface area contributed by atoms with Gasteiger partial charge in [0.25, 0.3) is 5.91 Å². The number of benzene rings is 1. The van der Waals surface area contributed by atoms with Crippen LogP contribution in [-0.4, -0.2) is 29.7 Å². The van der Waals surface area contributed by atoms with Crippen LogP contribution in [0.25, 0.3) is 0 Å². The summed E-state index contributed by atoms with van der Waals surface area (Å²) in [5.74, 6) is -1.21. The Morgan fingerprint density at radius 2 is 1.91 bits per heavy atom. The van der Waals surface area contributed by atoms with E-state index in [1.807, 2.05) is 0 Å². The van der Waals surface area contributed by atoms with E-state index in [-0.39, 0.29) is 5.91 Å². The molecule has 1 amide bonds. The maximum Gasteiger partial charge on any atom is 0.310 e. The average molecular weight is 307 g/mol. The van der Waals surface area contributed by atoms with Crippen molar-refractivity contribution in [1.82, 2.24) is 0 Å². The Morgan fingerprint density at radius 1 is 1.23 bits per heavy atom. The normalized spacial score (nSPS) is 13.7. The number of rotatable bonds is 8. The lowest BCUT2D eigenvalue weighted by atomic mass is 10.0. The van der Waals surface area contributed by atoms with Crippen LogP contribution in [0.4, 0.5) is 5.69 Å². The summed E-state index contributed by atoms with van der Waals surface area (Å²) in [7, 11) is 0. The van der Waals surface area contributed by atoms with Crippen LogP contribution in [0.5, 0.6) is 0 Å². The number of amides is 1. The van der Waals surface area contributed by atoms with E-state index in [1.54, 1.807) is 38.1 Å². The highest BCUT2D eigenvalue weighted by Crippen LogP contribution is 2.19. The highest BCUT2D eigenvalue weighted by atomic mass is 16.5. The molecule has 0 saturated carbocycles. The molecule has 0 aliphatic heterocycles. The molecule has 0 fully saturated rings. The SMILES string of the molecule is CC(C)CCOC(C)C(=O)Nc1cccc(C(C)C(=O)O)c1. The number of hydrogen-bond acceptors (Lipinski definition) is 3. The van der Waals surface area contributed by atoms with Crippen LogP contribution in [-0.2, 0) is 14.3 Å². The third-order valence-electron chi connectivity index (χ3n) is 3.46. The molecular weight excluding hydrogens is 282 g/mol. The molecule has 1 aromatic carbocycles. The second kappa shape index (κ2) is 8.54. The van der Waals surface area contributed by atoms with Crippen molar-refractivity contribution < 1.29 is 19.4 Å². The molecule has 2 atom stereocenters. The lowest BCUT2D eigenvalue weighted by Crippen LogP contribution is -2.28. The second-order valence-corrected chi connectivity index (χ2v) is 5.87. The standard InChI is InChI=1S/C17H25NO4/c1-11(2)8-9-22-13(4)16(19)18-15-7-5-6-14(10-15)12(3)17(20)21/h5-7,10-13H,8-9H2,1-4H3,(H,18,19)(H,20,21). The van der Waals surface area contributed by atoms with E-state index in [0.29, 0.717) is 23.8 Å². The average Bonchev–Trinajstić information content (AvgIpc) is 2.46. The van der Waals surface area contributed by atoms with Crippen molar-refractivity contribution in [2.45, 2.75) is 46.1 Å². The van der Waals surface area contributed by atoms with Gasteiger partial charge in [-0.1, -0.05) is 26.0 Å². The van der Waals surface area contributed by atoms with Gasteiger partial charge in [-0.3, -0.25) is 9.59 Å². The predicted molar refractivity (Wildman–Crippen MR) is 86.0 cm³/mol. The molecule has 22 heavy (non-hydrogen) atoms. The summed E-state index contributed by atoms with van der Waals surface area (Å²) in [6, 6.07) is 6.88. The first-order chi connectivity index (χ1) is 10.3. The van der Waals surface area contributed by atoms with Crippen LogP contribution in [0, 0.1) is 5.92 Å². The third-order valence-corrected chi connectivity index (χ3v) is 3.46. The Hall–Kier alpha value is -1.88. The van der Waals surface area contributed by atoms with E-state index in [0.717, 1.165) is 6.42 Å². The van der Waals surface area contributed by atoms with Crippen molar-refractivity contribution in [2.75, 3.05) is 11.9 Å². The van der Waals surface area contributed by atoms with Crippen molar-refractivity contribution in [3.8, 4) is 0 Å². The molecule has 0 saturated heterocycles. The summed E-state index contributed by atoms with van der Waals surface area (Å²) in [4.78, 5) is 23.1. The number of carbonyl (C=O) groups excluding carboxylic acids is 1. The Balaban J connectivity index is 2.60. The van der Waals surface area contributed by atoms with E-state index in [4.69, 9.17) is 9.84 Å². The molecule has 122 valence electrons. The van der Waals surface area contributed by atoms with Crippen molar-refractivity contribution in [2.24, 2.45) is 5.92 Å². The fourth-order valence-electron chi connectivity index (χ4n) is 1.83. The topological polar surface area (TPSA) is 75.6 Å². The van der Waals surface area contributed by atoms with Gasteiger partial charge in [0.2, 0.25) is 0 Å². The lowest BCUT2D eigenvalue weighted by molar-refractivity contribution is -0.138. The van der Waals surface area contributed by atoms with Gasteiger partial charge < -0.3 is 15.2 Å². The molecule has 0 aromatic heterocycles. The number of carboxylic acids is 1. The molecule has 5 heteroatoms. The molecule has 1 aromatic rings. The van der Waals surface area contributed by atoms with Gasteiger partial charge in [0.05, 0.1) is 5.92 Å². The zero-order valence-electron chi connectivity index (χ0n) is 13.6. The van der Waals surface area contributed by atoms with E-state index in [1.165, 1.54) is 0 Å². The van der Waals surface area contributed by atoms with Gasteiger partial charge in [-0.05, 0) is 43.9 Å². The maximum absolute atomic E-state index is 12.1. The number of carboxylic acid groups (broad SMARTS) is 1. The van der Waals surface area contributed by atoms with Crippen molar-refractivity contribution in [3.63, 3.8) is 0 Å². The van der Waals surface area contributed by atoms with Crippen LogP contribution in [0.3, 0.4) is 0 Å². The van der Waals surface area contributed by atoms with E-state index in [9.17, 15) is 9.59 Å². The zero-order valence-corrected chi connectivity index (χ0v) is 13.6. The smallest absolute Gasteiger partial charge is 0.310 e. The lowest BCUT2D eigenvalue weighted by Gasteiger charge is -2.15. The van der Waals surface area contributed by atoms with Crippen molar-refractivity contribution in [3.05, 3.63) is 29.8 Å². The highest BCUT2D eigenvalue weighted by Gasteiger charge is 2.16. The van der Waals surface area contributed by atoms with Crippen LogP contribution >= 0.6 is 0 Å². The quantitative estimate of drug-likeness (QED) is 0.773. The molecule has 0 aliphatic rings. The Bertz CT molecular complexity index is 513. The second-order valence-electron chi connectivity index (χ2n) is 5.87. The molecule has 0 spiro atoms. The van der Waals surface area contributed by atoms with Crippen LogP contribution in [0.2, 0.25) is 0 Å². The molecular formula is C17H25NO4. The first-order valence-electron chi connectivity index (χ1n) is 7.56. The fraction of sp³-hybridized carbons (Fsp3) is 0.529. The Morgan fingerprint density at radius 3 is 2.50 bits per heavy atom. The molecule has 0 heterocycles. The van der Waals surface area contributed by atoms with Gasteiger partial charge in [0.1, 0.15) is 6.10 Å². The van der Waals surface area contributed by atoms with Gasteiger partial charge in [0, 0.05) is 12.3 Å². The largest absolute Gasteiger partial charge is 0.481 e. The van der Waals surface area contributed by atoms with E-state index in [2.05, 4.69) is 19.2 Å². The van der Waals surface area contributed by atoms with Gasteiger partial charge in [-0.15, -0.1) is 0 Å². The number of aliphatic carboxylic acids is 1. The van der Waals surface area contributed by atoms with Gasteiger partial charge in [0.15, 0.2) is 0 Å². The minimum absolute atomic E-state index is 0.233. The van der Waals surface area contributed by atoms with E-state index < -0.39 is 18.0 Å². The molecule has 0 radical (unpaired) electrons. The van der Waals surface area contributed by atoms with Gasteiger partial charge in [-0.25, -0.2) is 0 Å². The number of anilines is 1. The Kier molecular flexibility index (Phi) is 7.05. The van der Waals surface area contributed by atoms with Crippen LogP contribution in [0.15, 0.2) is 24.3 Å². The summed E-state index contributed by atoms with van der Waals surface area (Å²) in [5.41, 5.74) is 1.23. The molecule has 2 unspecified atom stereocenters. The number of nitrogens with one attached hydrogen (secondary N) is 1. The summed E-state index contributed by atoms with van der Waals surface area (Å²) in [5, 5.41) is 11.8.